The van der Waals surface area contributed by atoms with E-state index in [2.05, 4.69) is 6.07 Å². The van der Waals surface area contributed by atoms with E-state index in [1.54, 1.807) is 24.3 Å². The van der Waals surface area contributed by atoms with E-state index >= 15 is 0 Å². The molecule has 2 N–H and O–H groups in total. The predicted octanol–water partition coefficient (Wildman–Crippen LogP) is 2.68. The van der Waals surface area contributed by atoms with Crippen molar-refractivity contribution in [1.82, 2.24) is 9.47 Å². The monoisotopic (exact) mass is 488 g/mol. The van der Waals surface area contributed by atoms with Gasteiger partial charge < -0.3 is 14.9 Å². The summed E-state index contributed by atoms with van der Waals surface area (Å²) in [7, 11) is 0. The molecule has 4 rings (SSSR count). The van der Waals surface area contributed by atoms with Crippen LogP contribution < -0.4 is 11.5 Å². The van der Waals surface area contributed by atoms with Gasteiger partial charge in [0.25, 0.3) is 6.43 Å². The molecule has 11 heteroatoms. The normalized spacial score (nSPS) is 17.9. The molecule has 1 saturated heterocycles. The van der Waals surface area contributed by atoms with Crippen LogP contribution in [-0.4, -0.2) is 53.6 Å². The molecule has 184 valence electrons. The van der Waals surface area contributed by atoms with Crippen LogP contribution in [0.1, 0.15) is 12.0 Å². The van der Waals surface area contributed by atoms with Crippen LogP contribution in [0, 0.1) is 17.1 Å². The number of primary amides is 1. The van der Waals surface area contributed by atoms with Crippen LogP contribution in [0.4, 0.5) is 13.2 Å². The minimum Gasteiger partial charge on any atom is -0.405 e. The molecule has 1 aliphatic rings. The molecule has 1 fully saturated rings. The third kappa shape index (κ3) is 5.39. The molecular weight excluding hydrogens is 465 g/mol. The van der Waals surface area contributed by atoms with Gasteiger partial charge in [0.15, 0.2) is 11.4 Å². The summed E-state index contributed by atoms with van der Waals surface area (Å²) in [6, 6.07) is 11.4. The Morgan fingerprint density at radius 1 is 1.23 bits per heavy atom. The molecule has 2 aromatic carbocycles. The van der Waals surface area contributed by atoms with E-state index < -0.39 is 42.6 Å². The maximum Gasteiger partial charge on any atom is 0.420 e. The van der Waals surface area contributed by atoms with E-state index in [1.165, 1.54) is 12.1 Å². The molecular formula is C24H23F3N4O4. The largest absolute Gasteiger partial charge is 0.420 e. The lowest BCUT2D eigenvalue weighted by Crippen LogP contribution is -2.44. The highest BCUT2D eigenvalue weighted by Crippen LogP contribution is 2.28. The zero-order chi connectivity index (χ0) is 25.1. The molecule has 3 aromatic rings. The van der Waals surface area contributed by atoms with E-state index in [9.17, 15) is 28.0 Å². The molecule has 0 saturated carbocycles. The molecule has 2 atom stereocenters. The predicted molar refractivity (Wildman–Crippen MR) is 120 cm³/mol. The molecule has 2 heterocycles. The minimum absolute atomic E-state index is 0.0497. The number of hydrogen-bond donors (Lipinski definition) is 1. The Kier molecular flexibility index (Phi) is 7.23. The highest BCUT2D eigenvalue weighted by molar-refractivity contribution is 5.81. The number of hydrogen-bond acceptors (Lipinski definition) is 6. The van der Waals surface area contributed by atoms with E-state index in [4.69, 9.17) is 14.9 Å². The van der Waals surface area contributed by atoms with Crippen molar-refractivity contribution in [2.45, 2.75) is 38.0 Å². The van der Waals surface area contributed by atoms with Crippen molar-refractivity contribution < 1.29 is 27.1 Å². The molecule has 1 amide bonds. The Balaban J connectivity index is 1.56. The number of nitrogens with zero attached hydrogens (tertiary/aromatic N) is 3. The fourth-order valence-electron chi connectivity index (χ4n) is 4.22. The SMILES string of the molecule is N#C[C@H](Cc1ccc(-c2cc(F)c3oc(=O)n(CC(F)F)c3c2)cc1)N1CCCO[C@H](C(N)=O)C1. The Labute approximate surface area is 198 Å². The first-order chi connectivity index (χ1) is 16.8. The molecule has 0 unspecified atom stereocenters. The Morgan fingerprint density at radius 2 is 1.97 bits per heavy atom. The number of amides is 1. The summed E-state index contributed by atoms with van der Waals surface area (Å²) in [6.07, 6.45) is -2.53. The van der Waals surface area contributed by atoms with Gasteiger partial charge in [0.2, 0.25) is 5.91 Å². The number of nitriles is 1. The van der Waals surface area contributed by atoms with Gasteiger partial charge in [-0.25, -0.2) is 18.0 Å². The fourth-order valence-corrected chi connectivity index (χ4v) is 4.22. The van der Waals surface area contributed by atoms with E-state index in [-0.39, 0.29) is 17.6 Å². The molecule has 1 aromatic heterocycles. The standard InChI is InChI=1S/C24H23F3N4O4/c25-18-9-16(10-19-22(18)35-24(33)31(19)13-21(26)27)15-4-2-14(3-5-15)8-17(11-28)30-6-1-7-34-20(12-30)23(29)32/h2-5,9-10,17,20-21H,1,6-8,12-13H2,(H2,29,32)/t17-,20-/m0/s1. The summed E-state index contributed by atoms with van der Waals surface area (Å²) in [5.41, 5.74) is 6.77. The Morgan fingerprint density at radius 3 is 2.63 bits per heavy atom. The Hall–Kier alpha value is -3.62. The summed E-state index contributed by atoms with van der Waals surface area (Å²) in [6.45, 7) is 0.307. The van der Waals surface area contributed by atoms with Gasteiger partial charge in [-0.05, 0) is 35.2 Å². The number of aromatic nitrogens is 1. The lowest BCUT2D eigenvalue weighted by atomic mass is 9.99. The maximum atomic E-state index is 14.6. The number of carbonyl (C=O) groups is 1. The maximum absolute atomic E-state index is 14.6. The second-order valence-corrected chi connectivity index (χ2v) is 8.33. The van der Waals surface area contributed by atoms with Crippen LogP contribution in [0.15, 0.2) is 45.6 Å². The van der Waals surface area contributed by atoms with Crippen molar-refractivity contribution in [2.24, 2.45) is 5.73 Å². The van der Waals surface area contributed by atoms with Gasteiger partial charge in [0, 0.05) is 26.1 Å². The number of carbonyl (C=O) groups excluding carboxylic acids is 1. The van der Waals surface area contributed by atoms with E-state index in [0.29, 0.717) is 41.7 Å². The summed E-state index contributed by atoms with van der Waals surface area (Å²) in [5.74, 6) is -2.45. The average Bonchev–Trinajstić information content (AvgIpc) is 2.99. The first kappa shape index (κ1) is 24.5. The molecule has 1 aliphatic heterocycles. The molecule has 8 nitrogen and oxygen atoms in total. The van der Waals surface area contributed by atoms with Crippen LogP contribution in [0.5, 0.6) is 0 Å². The molecule has 0 aliphatic carbocycles. The number of benzene rings is 2. The van der Waals surface area contributed by atoms with Gasteiger partial charge in [-0.15, -0.1) is 0 Å². The van der Waals surface area contributed by atoms with Crippen molar-refractivity contribution in [1.29, 1.82) is 5.26 Å². The van der Waals surface area contributed by atoms with Crippen LogP contribution in [0.25, 0.3) is 22.2 Å². The minimum atomic E-state index is -2.80. The number of ether oxygens (including phenoxy) is 1. The van der Waals surface area contributed by atoms with E-state index in [0.717, 1.165) is 5.56 Å². The van der Waals surface area contributed by atoms with Crippen LogP contribution in [0.3, 0.4) is 0 Å². The number of alkyl halides is 2. The number of rotatable bonds is 7. The van der Waals surface area contributed by atoms with Crippen LogP contribution in [-0.2, 0) is 22.5 Å². The van der Waals surface area contributed by atoms with Crippen molar-refractivity contribution in [3.05, 3.63) is 58.3 Å². The first-order valence-electron chi connectivity index (χ1n) is 11.0. The number of halogens is 3. The van der Waals surface area contributed by atoms with Crippen LogP contribution in [0.2, 0.25) is 0 Å². The molecule has 0 radical (unpaired) electrons. The van der Waals surface area contributed by atoms with Gasteiger partial charge >= 0.3 is 5.76 Å². The number of oxazole rings is 1. The number of nitrogens with two attached hydrogens (primary N) is 1. The summed E-state index contributed by atoms with van der Waals surface area (Å²) >= 11 is 0. The van der Waals surface area contributed by atoms with Gasteiger partial charge in [0.05, 0.1) is 18.1 Å². The average molecular weight is 488 g/mol. The third-order valence-electron chi connectivity index (χ3n) is 5.98. The third-order valence-corrected chi connectivity index (χ3v) is 5.98. The lowest BCUT2D eigenvalue weighted by Gasteiger charge is -2.27. The van der Waals surface area contributed by atoms with Crippen molar-refractivity contribution in [2.75, 3.05) is 19.7 Å². The lowest BCUT2D eigenvalue weighted by molar-refractivity contribution is -0.129. The van der Waals surface area contributed by atoms with Gasteiger partial charge in [-0.3, -0.25) is 14.3 Å². The second-order valence-electron chi connectivity index (χ2n) is 8.33. The number of fused-ring (bicyclic) bond motifs is 1. The zero-order valence-electron chi connectivity index (χ0n) is 18.6. The quantitative estimate of drug-likeness (QED) is 0.547. The van der Waals surface area contributed by atoms with Gasteiger partial charge in [0.1, 0.15) is 12.1 Å². The highest BCUT2D eigenvalue weighted by Gasteiger charge is 2.28. The van der Waals surface area contributed by atoms with Crippen LogP contribution >= 0.6 is 0 Å². The fraction of sp³-hybridized carbons (Fsp3) is 0.375. The summed E-state index contributed by atoms with van der Waals surface area (Å²) in [4.78, 5) is 25.3. The van der Waals surface area contributed by atoms with Crippen molar-refractivity contribution >= 4 is 17.0 Å². The second kappa shape index (κ2) is 10.3. The smallest absolute Gasteiger partial charge is 0.405 e. The highest BCUT2D eigenvalue weighted by atomic mass is 19.3. The molecule has 0 bridgehead atoms. The summed E-state index contributed by atoms with van der Waals surface area (Å²) in [5, 5.41) is 9.73. The topological polar surface area (TPSA) is 114 Å². The van der Waals surface area contributed by atoms with Crippen molar-refractivity contribution in [3.63, 3.8) is 0 Å². The zero-order valence-corrected chi connectivity index (χ0v) is 18.6. The van der Waals surface area contributed by atoms with E-state index in [1.807, 2.05) is 4.90 Å². The molecule has 0 spiro atoms. The van der Waals surface area contributed by atoms with Crippen molar-refractivity contribution in [3.8, 4) is 17.2 Å². The van der Waals surface area contributed by atoms with Gasteiger partial charge in [-0.1, -0.05) is 24.3 Å². The molecule has 35 heavy (non-hydrogen) atoms. The van der Waals surface area contributed by atoms with Gasteiger partial charge in [-0.2, -0.15) is 5.26 Å². The summed E-state index contributed by atoms with van der Waals surface area (Å²) < 4.78 is 51.3. The first-order valence-corrected chi connectivity index (χ1v) is 11.0. The Bertz CT molecular complexity index is 1310.